The lowest BCUT2D eigenvalue weighted by Gasteiger charge is -2.10. The molecule has 0 spiro atoms. The van der Waals surface area contributed by atoms with E-state index >= 15 is 0 Å². The van der Waals surface area contributed by atoms with Gasteiger partial charge < -0.3 is 9.94 Å². The Morgan fingerprint density at radius 1 is 1.44 bits per heavy atom. The SMILES string of the molecule is CC(C)/C(COc1cccc(F)c1F)=N\O. The van der Waals surface area contributed by atoms with Crippen LogP contribution in [0.3, 0.4) is 0 Å². The van der Waals surface area contributed by atoms with Gasteiger partial charge in [-0.2, -0.15) is 4.39 Å². The Morgan fingerprint density at radius 3 is 2.69 bits per heavy atom. The second-order valence-electron chi connectivity index (χ2n) is 3.59. The Bertz CT molecular complexity index is 392. The second kappa shape index (κ2) is 5.44. The van der Waals surface area contributed by atoms with E-state index in [9.17, 15) is 8.78 Å². The lowest BCUT2D eigenvalue weighted by molar-refractivity contribution is 0.297. The first-order valence-corrected chi connectivity index (χ1v) is 4.84. The Kier molecular flexibility index (Phi) is 4.22. The van der Waals surface area contributed by atoms with E-state index in [0.717, 1.165) is 6.07 Å². The molecular formula is C11H13F2NO2. The summed E-state index contributed by atoms with van der Waals surface area (Å²) >= 11 is 0. The van der Waals surface area contributed by atoms with Crippen LogP contribution in [-0.4, -0.2) is 17.5 Å². The molecule has 0 atom stereocenters. The smallest absolute Gasteiger partial charge is 0.200 e. The lowest BCUT2D eigenvalue weighted by atomic mass is 10.1. The van der Waals surface area contributed by atoms with E-state index in [2.05, 4.69) is 5.16 Å². The van der Waals surface area contributed by atoms with Crippen molar-refractivity contribution in [3.05, 3.63) is 29.8 Å². The largest absolute Gasteiger partial charge is 0.484 e. The number of hydrogen-bond acceptors (Lipinski definition) is 3. The van der Waals surface area contributed by atoms with Crippen molar-refractivity contribution < 1.29 is 18.7 Å². The van der Waals surface area contributed by atoms with Crippen molar-refractivity contribution in [2.45, 2.75) is 13.8 Å². The highest BCUT2D eigenvalue weighted by Gasteiger charge is 2.11. The summed E-state index contributed by atoms with van der Waals surface area (Å²) in [5, 5.41) is 11.7. The molecule has 3 nitrogen and oxygen atoms in total. The van der Waals surface area contributed by atoms with E-state index in [1.54, 1.807) is 13.8 Å². The number of rotatable bonds is 4. The normalized spacial score (nSPS) is 11.9. The molecule has 0 fully saturated rings. The summed E-state index contributed by atoms with van der Waals surface area (Å²) in [6.45, 7) is 3.54. The van der Waals surface area contributed by atoms with Crippen LogP contribution in [0.4, 0.5) is 8.78 Å². The molecule has 88 valence electrons. The van der Waals surface area contributed by atoms with Crippen LogP contribution in [0.2, 0.25) is 0 Å². The Hall–Kier alpha value is -1.65. The molecule has 0 aliphatic carbocycles. The summed E-state index contributed by atoms with van der Waals surface area (Å²) in [7, 11) is 0. The van der Waals surface area contributed by atoms with Crippen molar-refractivity contribution in [3.63, 3.8) is 0 Å². The fourth-order valence-electron chi connectivity index (χ4n) is 1.06. The second-order valence-corrected chi connectivity index (χ2v) is 3.59. The standard InChI is InChI=1S/C11H13F2NO2/c1-7(2)9(14-15)6-16-10-5-3-4-8(12)11(10)13/h3-5,7,15H,6H2,1-2H3/b14-9-. The average molecular weight is 229 g/mol. The quantitative estimate of drug-likeness (QED) is 0.490. The van der Waals surface area contributed by atoms with Crippen molar-refractivity contribution in [1.82, 2.24) is 0 Å². The Morgan fingerprint density at radius 2 is 2.12 bits per heavy atom. The van der Waals surface area contributed by atoms with Gasteiger partial charge in [-0.05, 0) is 18.1 Å². The fraction of sp³-hybridized carbons (Fsp3) is 0.364. The van der Waals surface area contributed by atoms with Crippen LogP contribution < -0.4 is 4.74 Å². The van der Waals surface area contributed by atoms with E-state index in [-0.39, 0.29) is 18.3 Å². The molecule has 5 heteroatoms. The third-order valence-corrected chi connectivity index (χ3v) is 2.09. The predicted molar refractivity (Wildman–Crippen MR) is 55.9 cm³/mol. The van der Waals surface area contributed by atoms with E-state index in [0.29, 0.717) is 5.71 Å². The van der Waals surface area contributed by atoms with E-state index in [1.165, 1.54) is 12.1 Å². The maximum atomic E-state index is 13.2. The first kappa shape index (κ1) is 12.4. The summed E-state index contributed by atoms with van der Waals surface area (Å²) in [5.41, 5.74) is 0.365. The summed E-state index contributed by atoms with van der Waals surface area (Å²) in [4.78, 5) is 0. The van der Waals surface area contributed by atoms with Gasteiger partial charge in [-0.3, -0.25) is 0 Å². The number of oxime groups is 1. The molecule has 0 radical (unpaired) electrons. The van der Waals surface area contributed by atoms with Gasteiger partial charge in [-0.15, -0.1) is 0 Å². The van der Waals surface area contributed by atoms with Gasteiger partial charge in [-0.1, -0.05) is 25.1 Å². The topological polar surface area (TPSA) is 41.8 Å². The molecule has 0 saturated heterocycles. The van der Waals surface area contributed by atoms with Crippen LogP contribution in [-0.2, 0) is 0 Å². The highest BCUT2D eigenvalue weighted by molar-refractivity contribution is 5.87. The van der Waals surface area contributed by atoms with Crippen molar-refractivity contribution in [1.29, 1.82) is 0 Å². The van der Waals surface area contributed by atoms with Crippen LogP contribution in [0.5, 0.6) is 5.75 Å². The van der Waals surface area contributed by atoms with Crippen LogP contribution in [0.15, 0.2) is 23.4 Å². The van der Waals surface area contributed by atoms with E-state index in [1.807, 2.05) is 0 Å². The highest BCUT2D eigenvalue weighted by atomic mass is 19.2. The molecule has 1 aromatic carbocycles. The van der Waals surface area contributed by atoms with Crippen LogP contribution in [0, 0.1) is 17.6 Å². The summed E-state index contributed by atoms with van der Waals surface area (Å²) in [6.07, 6.45) is 0. The van der Waals surface area contributed by atoms with Crippen molar-refractivity contribution in [2.75, 3.05) is 6.61 Å². The molecule has 0 unspecified atom stereocenters. The Balaban J connectivity index is 2.72. The Labute approximate surface area is 92.3 Å². The number of benzene rings is 1. The van der Waals surface area contributed by atoms with Gasteiger partial charge in [0, 0.05) is 0 Å². The maximum Gasteiger partial charge on any atom is 0.200 e. The first-order chi connectivity index (χ1) is 7.56. The maximum absolute atomic E-state index is 13.2. The van der Waals surface area contributed by atoms with Gasteiger partial charge in [0.2, 0.25) is 5.82 Å². The lowest BCUT2D eigenvalue weighted by Crippen LogP contribution is -2.18. The number of nitrogens with zero attached hydrogens (tertiary/aromatic N) is 1. The zero-order valence-corrected chi connectivity index (χ0v) is 9.08. The first-order valence-electron chi connectivity index (χ1n) is 4.84. The number of halogens is 2. The van der Waals surface area contributed by atoms with Crippen LogP contribution >= 0.6 is 0 Å². The highest BCUT2D eigenvalue weighted by Crippen LogP contribution is 2.19. The molecule has 0 amide bonds. The molecule has 0 aromatic heterocycles. The van der Waals surface area contributed by atoms with Gasteiger partial charge in [0.1, 0.15) is 6.61 Å². The molecule has 0 aliphatic heterocycles. The molecule has 0 aliphatic rings. The minimum atomic E-state index is -1.04. The van der Waals surface area contributed by atoms with Crippen molar-refractivity contribution >= 4 is 5.71 Å². The predicted octanol–water partition coefficient (Wildman–Crippen LogP) is 2.83. The third-order valence-electron chi connectivity index (χ3n) is 2.09. The minimum Gasteiger partial charge on any atom is -0.484 e. The van der Waals surface area contributed by atoms with Crippen LogP contribution in [0.25, 0.3) is 0 Å². The molecule has 0 saturated carbocycles. The van der Waals surface area contributed by atoms with Crippen LogP contribution in [0.1, 0.15) is 13.8 Å². The summed E-state index contributed by atoms with van der Waals surface area (Å²) in [6, 6.07) is 3.66. The van der Waals surface area contributed by atoms with E-state index in [4.69, 9.17) is 9.94 Å². The number of hydrogen-bond donors (Lipinski definition) is 1. The van der Waals surface area contributed by atoms with Gasteiger partial charge in [0.25, 0.3) is 0 Å². The average Bonchev–Trinajstić information content (AvgIpc) is 2.24. The van der Waals surface area contributed by atoms with Crippen molar-refractivity contribution in [2.24, 2.45) is 11.1 Å². The van der Waals surface area contributed by atoms with Crippen molar-refractivity contribution in [3.8, 4) is 5.75 Å². The number of ether oxygens (including phenoxy) is 1. The monoisotopic (exact) mass is 229 g/mol. The summed E-state index contributed by atoms with van der Waals surface area (Å²) < 4.78 is 31.0. The minimum absolute atomic E-state index is 0.0263. The summed E-state index contributed by atoms with van der Waals surface area (Å²) in [5.74, 6) is -2.23. The molecular weight excluding hydrogens is 216 g/mol. The van der Waals surface area contributed by atoms with Gasteiger partial charge in [-0.25, -0.2) is 4.39 Å². The molecule has 1 N–H and O–H groups in total. The van der Waals surface area contributed by atoms with Gasteiger partial charge in [0.15, 0.2) is 11.6 Å². The molecule has 1 aromatic rings. The van der Waals surface area contributed by atoms with Gasteiger partial charge in [0.05, 0.1) is 5.71 Å². The molecule has 16 heavy (non-hydrogen) atoms. The van der Waals surface area contributed by atoms with E-state index < -0.39 is 11.6 Å². The molecule has 0 bridgehead atoms. The molecule has 0 heterocycles. The fourth-order valence-corrected chi connectivity index (χ4v) is 1.06. The van der Waals surface area contributed by atoms with Gasteiger partial charge >= 0.3 is 0 Å². The zero-order valence-electron chi connectivity index (χ0n) is 9.08. The molecule has 1 rings (SSSR count). The zero-order chi connectivity index (χ0) is 12.1. The third kappa shape index (κ3) is 2.92.